The van der Waals surface area contributed by atoms with Gasteiger partial charge in [0.25, 0.3) is 0 Å². The van der Waals surface area contributed by atoms with Crippen LogP contribution in [-0.4, -0.2) is 15.9 Å². The Labute approximate surface area is 274 Å². The number of alkyl halides is 2. The van der Waals surface area contributed by atoms with E-state index < -0.39 is 5.92 Å². The summed E-state index contributed by atoms with van der Waals surface area (Å²) in [5.74, 6) is -2.33. The van der Waals surface area contributed by atoms with Crippen LogP contribution >= 0.6 is 0 Å². The van der Waals surface area contributed by atoms with E-state index in [9.17, 15) is 8.78 Å². The molecule has 3 nitrogen and oxygen atoms in total. The molecule has 0 saturated heterocycles. The number of aryl methyl sites for hydroxylation is 1. The summed E-state index contributed by atoms with van der Waals surface area (Å²) in [6.07, 6.45) is 4.60. The van der Waals surface area contributed by atoms with Crippen LogP contribution in [0.5, 0.6) is 0 Å². The summed E-state index contributed by atoms with van der Waals surface area (Å²) in [5.41, 5.74) is 7.49. The van der Waals surface area contributed by atoms with Crippen molar-refractivity contribution in [3.8, 4) is 22.5 Å². The molecule has 0 aliphatic heterocycles. The van der Waals surface area contributed by atoms with E-state index in [1.54, 1.807) is 12.4 Å². The number of pyridine rings is 2. The van der Waals surface area contributed by atoms with Crippen molar-refractivity contribution in [3.05, 3.63) is 133 Å². The largest absolute Gasteiger partial charge is 0.501 e. The van der Waals surface area contributed by atoms with E-state index in [0.29, 0.717) is 12.8 Å². The molecule has 0 unspecified atom stereocenters. The Morgan fingerprint density at radius 1 is 0.800 bits per heavy atom. The van der Waals surface area contributed by atoms with Gasteiger partial charge in [0.15, 0.2) is 0 Å². The van der Waals surface area contributed by atoms with E-state index in [-0.39, 0.29) is 38.9 Å². The maximum atomic E-state index is 13.6. The molecule has 1 aliphatic carbocycles. The number of furan rings is 1. The van der Waals surface area contributed by atoms with E-state index in [1.165, 1.54) is 0 Å². The predicted molar refractivity (Wildman–Crippen MR) is 173 cm³/mol. The summed E-state index contributed by atoms with van der Waals surface area (Å²) in [6, 6.07) is 38.7. The normalized spacial score (nSPS) is 14.6. The van der Waals surface area contributed by atoms with Crippen molar-refractivity contribution >= 4 is 32.7 Å². The number of hydrogen-bond donors (Lipinski definition) is 0. The van der Waals surface area contributed by atoms with Gasteiger partial charge in [-0.1, -0.05) is 66.4 Å². The van der Waals surface area contributed by atoms with Crippen LogP contribution < -0.4 is 0 Å². The molecule has 8 rings (SSSR count). The molecule has 0 amide bonds. The molecule has 1 aliphatic rings. The summed E-state index contributed by atoms with van der Waals surface area (Å²) in [4.78, 5) is 8.93. The zero-order valence-electron chi connectivity index (χ0n) is 24.7. The SMILES string of the molecule is Cc1[c-]c(-c2nccc3cc(C4CCC(F)(F)CC4)ccc23)c2oc3ccccc3c2c1.[Ir].[c-]1ccccc1-c1ccccn1. The maximum absolute atomic E-state index is 13.6. The molecule has 0 spiro atoms. The molecule has 7 aromatic rings. The third-order valence-corrected chi connectivity index (χ3v) is 8.41. The molecule has 0 atom stereocenters. The summed E-state index contributed by atoms with van der Waals surface area (Å²) >= 11 is 0. The molecule has 3 aromatic heterocycles. The first-order chi connectivity index (χ1) is 21.4. The number of rotatable bonds is 3. The number of hydrogen-bond acceptors (Lipinski definition) is 3. The molecule has 0 N–H and O–H groups in total. The Kier molecular flexibility index (Phi) is 8.89. The van der Waals surface area contributed by atoms with Gasteiger partial charge in [-0.15, -0.1) is 53.6 Å². The molecule has 45 heavy (non-hydrogen) atoms. The molecule has 1 radical (unpaired) electrons. The summed E-state index contributed by atoms with van der Waals surface area (Å²) in [7, 11) is 0. The number of para-hydroxylation sites is 1. The van der Waals surface area contributed by atoms with Crippen LogP contribution in [0.25, 0.3) is 55.2 Å². The fraction of sp³-hybridized carbons (Fsp3) is 0.179. The molecular weight excluding hydrogens is 743 g/mol. The van der Waals surface area contributed by atoms with Gasteiger partial charge in [-0.05, 0) is 64.7 Å². The fourth-order valence-corrected chi connectivity index (χ4v) is 6.17. The van der Waals surface area contributed by atoms with E-state index in [1.807, 2.05) is 73.7 Å². The van der Waals surface area contributed by atoms with Crippen molar-refractivity contribution in [3.63, 3.8) is 0 Å². The van der Waals surface area contributed by atoms with Gasteiger partial charge in [-0.2, -0.15) is 0 Å². The van der Waals surface area contributed by atoms with E-state index in [0.717, 1.165) is 66.4 Å². The average molecular weight is 773 g/mol. The number of benzene rings is 4. The number of fused-ring (bicyclic) bond motifs is 4. The number of nitrogens with zero attached hydrogens (tertiary/aromatic N) is 2. The van der Waals surface area contributed by atoms with Crippen molar-refractivity contribution in [2.45, 2.75) is 44.4 Å². The molecule has 0 bridgehead atoms. The van der Waals surface area contributed by atoms with Crippen molar-refractivity contribution in [2.24, 2.45) is 0 Å². The van der Waals surface area contributed by atoms with Gasteiger partial charge in [0.1, 0.15) is 5.58 Å². The van der Waals surface area contributed by atoms with Gasteiger partial charge in [-0.3, -0.25) is 0 Å². The van der Waals surface area contributed by atoms with Gasteiger partial charge < -0.3 is 14.4 Å². The maximum Gasteiger partial charge on any atom is 0.248 e. The zero-order chi connectivity index (χ0) is 30.1. The van der Waals surface area contributed by atoms with Crippen LogP contribution in [0.1, 0.15) is 42.7 Å². The smallest absolute Gasteiger partial charge is 0.248 e. The Morgan fingerprint density at radius 3 is 2.38 bits per heavy atom. The second kappa shape index (κ2) is 13.0. The van der Waals surface area contributed by atoms with Gasteiger partial charge >= 0.3 is 0 Å². The van der Waals surface area contributed by atoms with E-state index in [2.05, 4.69) is 47.4 Å². The quantitative estimate of drug-likeness (QED) is 0.168. The first-order valence-electron chi connectivity index (χ1n) is 14.9. The Morgan fingerprint density at radius 2 is 1.60 bits per heavy atom. The molecular formula is C39H30F2IrN2O-2. The second-order valence-electron chi connectivity index (χ2n) is 11.4. The van der Waals surface area contributed by atoms with Crippen molar-refractivity contribution in [2.75, 3.05) is 0 Å². The Balaban J connectivity index is 0.000000231. The monoisotopic (exact) mass is 773 g/mol. The summed E-state index contributed by atoms with van der Waals surface area (Å²) in [5, 5.41) is 4.22. The van der Waals surface area contributed by atoms with Crippen LogP contribution in [0.15, 0.2) is 114 Å². The zero-order valence-corrected chi connectivity index (χ0v) is 27.1. The van der Waals surface area contributed by atoms with E-state index >= 15 is 0 Å². The minimum Gasteiger partial charge on any atom is -0.501 e. The van der Waals surface area contributed by atoms with Crippen LogP contribution in [-0.2, 0) is 20.1 Å². The Hall–Kier alpha value is -4.25. The van der Waals surface area contributed by atoms with Crippen molar-refractivity contribution < 1.29 is 33.3 Å². The van der Waals surface area contributed by atoms with Crippen LogP contribution in [0.3, 0.4) is 0 Å². The third kappa shape index (κ3) is 6.44. The van der Waals surface area contributed by atoms with Crippen LogP contribution in [0, 0.1) is 19.1 Å². The molecule has 227 valence electrons. The average Bonchev–Trinajstić information content (AvgIpc) is 3.43. The predicted octanol–water partition coefficient (Wildman–Crippen LogP) is 10.7. The third-order valence-electron chi connectivity index (χ3n) is 8.41. The van der Waals surface area contributed by atoms with Gasteiger partial charge in [0.05, 0.1) is 5.58 Å². The van der Waals surface area contributed by atoms with Crippen LogP contribution in [0.4, 0.5) is 8.78 Å². The van der Waals surface area contributed by atoms with Gasteiger partial charge in [0.2, 0.25) is 5.92 Å². The first-order valence-corrected chi connectivity index (χ1v) is 14.9. The summed E-state index contributed by atoms with van der Waals surface area (Å²) < 4.78 is 33.4. The summed E-state index contributed by atoms with van der Waals surface area (Å²) in [6.45, 7) is 2.03. The number of halogens is 2. The standard InChI is InChI=1S/C28H22F2NO.C11H8N.Ir/c1-17-14-23-22-4-2-3-5-25(22)32-27(23)24(15-17)26-21-7-6-19(16-20(21)10-13-31-26)18-8-11-28(29,30)12-9-18;1-2-6-10(7-3-1)11-8-4-5-9-12-11;/h2-7,10,13-14,16,18H,8-9,11-12H2,1H3;1-6,8-9H;/q2*-1;. The number of aromatic nitrogens is 2. The topological polar surface area (TPSA) is 38.9 Å². The minimum absolute atomic E-state index is 0. The second-order valence-corrected chi connectivity index (χ2v) is 11.4. The van der Waals surface area contributed by atoms with Crippen molar-refractivity contribution in [1.29, 1.82) is 0 Å². The molecule has 1 fully saturated rings. The van der Waals surface area contributed by atoms with Gasteiger partial charge in [0, 0.05) is 50.7 Å². The van der Waals surface area contributed by atoms with E-state index in [4.69, 9.17) is 9.40 Å². The molecule has 1 saturated carbocycles. The molecule has 4 aromatic carbocycles. The van der Waals surface area contributed by atoms with Crippen molar-refractivity contribution in [1.82, 2.24) is 9.97 Å². The molecule has 6 heteroatoms. The van der Waals surface area contributed by atoms with Crippen LogP contribution in [0.2, 0.25) is 0 Å². The first kappa shape index (κ1) is 30.8. The fourth-order valence-electron chi connectivity index (χ4n) is 6.17. The Bertz CT molecular complexity index is 2030. The van der Waals surface area contributed by atoms with Gasteiger partial charge in [-0.25, -0.2) is 8.78 Å². The molecule has 3 heterocycles. The minimum atomic E-state index is -2.51.